The summed E-state index contributed by atoms with van der Waals surface area (Å²) in [6, 6.07) is 9.83. The Kier molecular flexibility index (Phi) is 5.58. The monoisotopic (exact) mass is 346 g/mol. The minimum Gasteiger partial charge on any atom is -0.491 e. The SMILES string of the molecule is CC(C)(C)c1ccc(OCC(O)Cn2cc([N+](=O)[O-])ccc2=O)cc1. The summed E-state index contributed by atoms with van der Waals surface area (Å²) >= 11 is 0. The topological polar surface area (TPSA) is 94.6 Å². The molecule has 0 spiro atoms. The average Bonchev–Trinajstić information content (AvgIpc) is 2.54. The predicted octanol–water partition coefficient (Wildman–Crippen LogP) is 2.49. The van der Waals surface area contributed by atoms with Crippen LogP contribution in [0.1, 0.15) is 26.3 Å². The van der Waals surface area contributed by atoms with Gasteiger partial charge in [0, 0.05) is 12.1 Å². The molecule has 0 fully saturated rings. The van der Waals surface area contributed by atoms with E-state index in [1.165, 1.54) is 5.56 Å². The number of nitro groups is 1. The van der Waals surface area contributed by atoms with Crippen LogP contribution in [0.3, 0.4) is 0 Å². The van der Waals surface area contributed by atoms with Gasteiger partial charge in [0.05, 0.1) is 17.7 Å². The maximum atomic E-state index is 11.7. The lowest BCUT2D eigenvalue weighted by Crippen LogP contribution is -2.29. The molecule has 1 N–H and O–H groups in total. The summed E-state index contributed by atoms with van der Waals surface area (Å²) < 4.78 is 6.63. The van der Waals surface area contributed by atoms with Gasteiger partial charge in [0.25, 0.3) is 11.2 Å². The Morgan fingerprint density at radius 2 is 1.84 bits per heavy atom. The van der Waals surface area contributed by atoms with Crippen LogP contribution in [-0.2, 0) is 12.0 Å². The van der Waals surface area contributed by atoms with Crippen molar-refractivity contribution in [2.24, 2.45) is 0 Å². The molecule has 0 aliphatic heterocycles. The second-order valence-corrected chi connectivity index (χ2v) is 6.87. The molecule has 134 valence electrons. The van der Waals surface area contributed by atoms with Crippen LogP contribution in [0.2, 0.25) is 0 Å². The van der Waals surface area contributed by atoms with Gasteiger partial charge in [-0.25, -0.2) is 0 Å². The summed E-state index contributed by atoms with van der Waals surface area (Å²) in [6.07, 6.45) is 0.144. The van der Waals surface area contributed by atoms with Crippen LogP contribution in [0, 0.1) is 10.1 Å². The number of hydrogen-bond donors (Lipinski definition) is 1. The van der Waals surface area contributed by atoms with Crippen molar-refractivity contribution in [3.63, 3.8) is 0 Å². The predicted molar refractivity (Wildman–Crippen MR) is 94.0 cm³/mol. The molecule has 7 nitrogen and oxygen atoms in total. The molecule has 0 saturated carbocycles. The molecular formula is C18H22N2O5. The third-order valence-electron chi connectivity index (χ3n) is 3.75. The van der Waals surface area contributed by atoms with Crippen molar-refractivity contribution in [2.75, 3.05) is 6.61 Å². The summed E-state index contributed by atoms with van der Waals surface area (Å²) in [5.41, 5.74) is 0.592. The summed E-state index contributed by atoms with van der Waals surface area (Å²) in [4.78, 5) is 21.9. The number of benzene rings is 1. The second kappa shape index (κ2) is 7.48. The normalized spacial score (nSPS) is 12.6. The van der Waals surface area contributed by atoms with Gasteiger partial charge in [-0.3, -0.25) is 14.9 Å². The van der Waals surface area contributed by atoms with Crippen LogP contribution < -0.4 is 10.3 Å². The summed E-state index contributed by atoms with van der Waals surface area (Å²) in [7, 11) is 0. The van der Waals surface area contributed by atoms with E-state index in [4.69, 9.17) is 4.74 Å². The van der Waals surface area contributed by atoms with Crippen LogP contribution in [0.5, 0.6) is 5.75 Å². The molecule has 1 unspecified atom stereocenters. The van der Waals surface area contributed by atoms with E-state index >= 15 is 0 Å². The van der Waals surface area contributed by atoms with E-state index in [2.05, 4.69) is 20.8 Å². The van der Waals surface area contributed by atoms with E-state index in [0.717, 1.165) is 22.9 Å². The minimum atomic E-state index is -0.970. The van der Waals surface area contributed by atoms with Crippen molar-refractivity contribution in [3.8, 4) is 5.75 Å². The number of aromatic nitrogens is 1. The molecule has 0 saturated heterocycles. The number of rotatable bonds is 6. The fourth-order valence-electron chi connectivity index (χ4n) is 2.29. The van der Waals surface area contributed by atoms with Gasteiger partial charge in [0.2, 0.25) is 0 Å². The smallest absolute Gasteiger partial charge is 0.285 e. The zero-order chi connectivity index (χ0) is 18.6. The maximum absolute atomic E-state index is 11.7. The molecule has 0 aliphatic rings. The first-order valence-electron chi connectivity index (χ1n) is 7.93. The van der Waals surface area contributed by atoms with Crippen molar-refractivity contribution in [2.45, 2.75) is 38.8 Å². The summed E-state index contributed by atoms with van der Waals surface area (Å²) in [5.74, 6) is 0.610. The molecule has 0 bridgehead atoms. The number of ether oxygens (including phenoxy) is 1. The van der Waals surface area contributed by atoms with Gasteiger partial charge >= 0.3 is 0 Å². The molecule has 7 heteroatoms. The quantitative estimate of drug-likeness (QED) is 0.640. The van der Waals surface area contributed by atoms with Gasteiger partial charge in [0.1, 0.15) is 18.5 Å². The minimum absolute atomic E-state index is 0.0238. The van der Waals surface area contributed by atoms with Crippen molar-refractivity contribution >= 4 is 5.69 Å². The molecule has 25 heavy (non-hydrogen) atoms. The molecule has 2 rings (SSSR count). The highest BCUT2D eigenvalue weighted by atomic mass is 16.6. The Bertz CT molecular complexity index is 790. The maximum Gasteiger partial charge on any atom is 0.285 e. The van der Waals surface area contributed by atoms with E-state index < -0.39 is 16.6 Å². The Balaban J connectivity index is 1.97. The highest BCUT2D eigenvalue weighted by Gasteiger charge is 2.14. The van der Waals surface area contributed by atoms with Crippen molar-refractivity contribution in [3.05, 3.63) is 68.6 Å². The van der Waals surface area contributed by atoms with Gasteiger partial charge < -0.3 is 14.4 Å². The van der Waals surface area contributed by atoms with Gasteiger partial charge in [-0.1, -0.05) is 32.9 Å². The summed E-state index contributed by atoms with van der Waals surface area (Å²) in [5, 5.41) is 20.8. The zero-order valence-electron chi connectivity index (χ0n) is 14.5. The molecule has 1 atom stereocenters. The van der Waals surface area contributed by atoms with Gasteiger partial charge in [-0.15, -0.1) is 0 Å². The van der Waals surface area contributed by atoms with Crippen LogP contribution in [0.15, 0.2) is 47.4 Å². The van der Waals surface area contributed by atoms with E-state index in [9.17, 15) is 20.0 Å². The van der Waals surface area contributed by atoms with Crippen molar-refractivity contribution < 1.29 is 14.8 Å². The number of pyridine rings is 1. The van der Waals surface area contributed by atoms with Crippen LogP contribution in [-0.4, -0.2) is 27.3 Å². The molecule has 0 radical (unpaired) electrons. The van der Waals surface area contributed by atoms with E-state index in [1.54, 1.807) is 0 Å². The lowest BCUT2D eigenvalue weighted by molar-refractivity contribution is -0.385. The first-order valence-corrected chi connectivity index (χ1v) is 7.93. The van der Waals surface area contributed by atoms with Gasteiger partial charge in [-0.2, -0.15) is 0 Å². The first-order chi connectivity index (χ1) is 11.7. The molecule has 0 amide bonds. The molecular weight excluding hydrogens is 324 g/mol. The number of hydrogen-bond acceptors (Lipinski definition) is 5. The average molecular weight is 346 g/mol. The number of aliphatic hydroxyl groups is 1. The Morgan fingerprint density at radius 3 is 2.40 bits per heavy atom. The van der Waals surface area contributed by atoms with Crippen LogP contribution in [0.25, 0.3) is 0 Å². The zero-order valence-corrected chi connectivity index (χ0v) is 14.5. The van der Waals surface area contributed by atoms with E-state index in [0.29, 0.717) is 5.75 Å². The molecule has 0 aliphatic carbocycles. The fraction of sp³-hybridized carbons (Fsp3) is 0.389. The fourth-order valence-corrected chi connectivity index (χ4v) is 2.29. The highest BCUT2D eigenvalue weighted by molar-refractivity contribution is 5.31. The summed E-state index contributed by atoms with van der Waals surface area (Å²) in [6.45, 7) is 6.24. The van der Waals surface area contributed by atoms with Gasteiger partial charge in [0.15, 0.2) is 0 Å². The lowest BCUT2D eigenvalue weighted by atomic mass is 9.87. The standard InChI is InChI=1S/C18H22N2O5/c1-18(2,3)13-4-7-16(8-5-13)25-12-15(21)11-19-10-14(20(23)24)6-9-17(19)22/h4-10,15,21H,11-12H2,1-3H3. The third-order valence-corrected chi connectivity index (χ3v) is 3.75. The highest BCUT2D eigenvalue weighted by Crippen LogP contribution is 2.24. The van der Waals surface area contributed by atoms with E-state index in [-0.39, 0.29) is 24.3 Å². The van der Waals surface area contributed by atoms with Crippen molar-refractivity contribution in [1.82, 2.24) is 4.57 Å². The molecule has 1 heterocycles. The van der Waals surface area contributed by atoms with Gasteiger partial charge in [-0.05, 0) is 23.1 Å². The Morgan fingerprint density at radius 1 is 1.20 bits per heavy atom. The lowest BCUT2D eigenvalue weighted by Gasteiger charge is -2.19. The Hall–Kier alpha value is -2.67. The number of aliphatic hydroxyl groups excluding tert-OH is 1. The van der Waals surface area contributed by atoms with Crippen LogP contribution in [0.4, 0.5) is 5.69 Å². The van der Waals surface area contributed by atoms with Crippen LogP contribution >= 0.6 is 0 Å². The van der Waals surface area contributed by atoms with Crippen molar-refractivity contribution in [1.29, 1.82) is 0 Å². The number of nitrogens with zero attached hydrogens (tertiary/aromatic N) is 2. The molecule has 1 aromatic heterocycles. The largest absolute Gasteiger partial charge is 0.491 e. The second-order valence-electron chi connectivity index (χ2n) is 6.87. The molecule has 2 aromatic rings. The van der Waals surface area contributed by atoms with E-state index in [1.807, 2.05) is 24.3 Å². The first kappa shape index (κ1) is 18.7. The third kappa shape index (κ3) is 5.15. The molecule has 1 aromatic carbocycles. The Labute approximate surface area is 145 Å².